The summed E-state index contributed by atoms with van der Waals surface area (Å²) in [5, 5.41) is 14.8. The molecule has 4 heteroatoms. The highest BCUT2D eigenvalue weighted by molar-refractivity contribution is 5.35. The van der Waals surface area contributed by atoms with Gasteiger partial charge in [0.2, 0.25) is 0 Å². The molecule has 1 N–H and O–H groups in total. The van der Waals surface area contributed by atoms with Gasteiger partial charge in [-0.15, -0.1) is 0 Å². The number of hydrogen-bond donors (Lipinski definition) is 1. The molecule has 100 valence electrons. The molecule has 0 radical (unpaired) electrons. The van der Waals surface area contributed by atoms with Crippen LogP contribution in [0.3, 0.4) is 0 Å². The van der Waals surface area contributed by atoms with E-state index in [1.165, 1.54) is 11.1 Å². The zero-order valence-corrected chi connectivity index (χ0v) is 11.2. The highest BCUT2D eigenvalue weighted by Gasteiger charge is 2.31. The third-order valence-electron chi connectivity index (χ3n) is 3.98. The van der Waals surface area contributed by atoms with E-state index in [0.29, 0.717) is 5.75 Å². The molecule has 1 aliphatic carbocycles. The van der Waals surface area contributed by atoms with Crippen molar-refractivity contribution < 1.29 is 9.84 Å². The van der Waals surface area contributed by atoms with Crippen LogP contribution in [0, 0.1) is 5.92 Å². The van der Waals surface area contributed by atoms with Crippen LogP contribution in [0.25, 0.3) is 0 Å². The molecule has 0 fully saturated rings. The standard InChI is InChI=1S/C15H18N2O2/c1-17-14(13(19-2)9-16-17)15(18)12-7-10-5-3-4-6-11(10)8-12/h3-6,9,12,15,18H,7-8H2,1-2H3. The molecule has 1 heterocycles. The van der Waals surface area contributed by atoms with Crippen molar-refractivity contribution in [2.24, 2.45) is 13.0 Å². The molecule has 1 unspecified atom stereocenters. The van der Waals surface area contributed by atoms with Crippen LogP contribution in [0.1, 0.15) is 22.9 Å². The van der Waals surface area contributed by atoms with Gasteiger partial charge in [-0.1, -0.05) is 24.3 Å². The summed E-state index contributed by atoms with van der Waals surface area (Å²) in [6, 6.07) is 8.39. The molecule has 0 saturated heterocycles. The van der Waals surface area contributed by atoms with Gasteiger partial charge < -0.3 is 9.84 Å². The monoisotopic (exact) mass is 258 g/mol. The fourth-order valence-corrected chi connectivity index (χ4v) is 2.96. The van der Waals surface area contributed by atoms with Crippen molar-refractivity contribution in [3.8, 4) is 5.75 Å². The highest BCUT2D eigenvalue weighted by Crippen LogP contribution is 2.37. The molecular formula is C15H18N2O2. The Morgan fingerprint density at radius 2 is 1.95 bits per heavy atom. The zero-order valence-electron chi connectivity index (χ0n) is 11.2. The van der Waals surface area contributed by atoms with Crippen molar-refractivity contribution in [3.05, 3.63) is 47.3 Å². The first-order valence-corrected chi connectivity index (χ1v) is 6.51. The Balaban J connectivity index is 1.87. The largest absolute Gasteiger partial charge is 0.493 e. The summed E-state index contributed by atoms with van der Waals surface area (Å²) < 4.78 is 6.98. The van der Waals surface area contributed by atoms with Crippen LogP contribution in [0.15, 0.2) is 30.5 Å². The summed E-state index contributed by atoms with van der Waals surface area (Å²) >= 11 is 0. The quantitative estimate of drug-likeness (QED) is 0.914. The highest BCUT2D eigenvalue weighted by atomic mass is 16.5. The Morgan fingerprint density at radius 1 is 1.32 bits per heavy atom. The third-order valence-corrected chi connectivity index (χ3v) is 3.98. The molecule has 0 aliphatic heterocycles. The van der Waals surface area contributed by atoms with Gasteiger partial charge >= 0.3 is 0 Å². The normalized spacial score (nSPS) is 16.4. The van der Waals surface area contributed by atoms with Crippen LogP contribution in [-0.2, 0) is 19.9 Å². The summed E-state index contributed by atoms with van der Waals surface area (Å²) in [6.45, 7) is 0. The van der Waals surface area contributed by atoms with E-state index in [-0.39, 0.29) is 5.92 Å². The van der Waals surface area contributed by atoms with Crippen LogP contribution in [0.4, 0.5) is 0 Å². The first-order chi connectivity index (χ1) is 9.20. The van der Waals surface area contributed by atoms with Crippen molar-refractivity contribution in [3.63, 3.8) is 0 Å². The van der Waals surface area contributed by atoms with Crippen molar-refractivity contribution in [2.45, 2.75) is 18.9 Å². The number of methoxy groups -OCH3 is 1. The molecule has 1 aromatic heterocycles. The molecule has 1 atom stereocenters. The second-order valence-electron chi connectivity index (χ2n) is 5.10. The number of aliphatic hydroxyl groups excluding tert-OH is 1. The molecular weight excluding hydrogens is 240 g/mol. The van der Waals surface area contributed by atoms with Crippen LogP contribution >= 0.6 is 0 Å². The van der Waals surface area contributed by atoms with E-state index in [9.17, 15) is 5.11 Å². The Bertz CT molecular complexity index is 567. The maximum Gasteiger partial charge on any atom is 0.162 e. The second-order valence-corrected chi connectivity index (χ2v) is 5.10. The number of rotatable bonds is 3. The predicted molar refractivity (Wildman–Crippen MR) is 72.1 cm³/mol. The van der Waals surface area contributed by atoms with E-state index < -0.39 is 6.10 Å². The number of aromatic nitrogens is 2. The third kappa shape index (κ3) is 2.02. The lowest BCUT2D eigenvalue weighted by Crippen LogP contribution is -2.17. The SMILES string of the molecule is COc1cnn(C)c1C(O)C1Cc2ccccc2C1. The van der Waals surface area contributed by atoms with Crippen LogP contribution in [-0.4, -0.2) is 22.0 Å². The molecule has 0 spiro atoms. The Labute approximate surface area is 112 Å². The number of aryl methyl sites for hydroxylation is 1. The summed E-state index contributed by atoms with van der Waals surface area (Å²) in [6.07, 6.45) is 2.92. The van der Waals surface area contributed by atoms with Crippen LogP contribution in [0.2, 0.25) is 0 Å². The van der Waals surface area contributed by atoms with Gasteiger partial charge in [0.05, 0.1) is 13.3 Å². The van der Waals surface area contributed by atoms with Crippen LogP contribution < -0.4 is 4.74 Å². The Morgan fingerprint density at radius 3 is 2.53 bits per heavy atom. The van der Waals surface area contributed by atoms with E-state index >= 15 is 0 Å². The Kier molecular flexibility index (Phi) is 3.03. The summed E-state index contributed by atoms with van der Waals surface area (Å²) in [4.78, 5) is 0. The minimum atomic E-state index is -0.546. The van der Waals surface area contributed by atoms with Gasteiger partial charge in [0.25, 0.3) is 0 Å². The average molecular weight is 258 g/mol. The molecule has 0 saturated carbocycles. The molecule has 0 bridgehead atoms. The average Bonchev–Trinajstić information content (AvgIpc) is 3.01. The van der Waals surface area contributed by atoms with Crippen molar-refractivity contribution in [2.75, 3.05) is 7.11 Å². The summed E-state index contributed by atoms with van der Waals surface area (Å²) in [5.41, 5.74) is 3.45. The number of nitrogens with zero attached hydrogens (tertiary/aromatic N) is 2. The smallest absolute Gasteiger partial charge is 0.162 e. The van der Waals surface area contributed by atoms with Gasteiger partial charge in [-0.3, -0.25) is 4.68 Å². The molecule has 19 heavy (non-hydrogen) atoms. The first-order valence-electron chi connectivity index (χ1n) is 6.51. The lowest BCUT2D eigenvalue weighted by Gasteiger charge is -2.19. The van der Waals surface area contributed by atoms with E-state index in [1.54, 1.807) is 18.0 Å². The number of fused-ring (bicyclic) bond motifs is 1. The number of benzene rings is 1. The summed E-state index contributed by atoms with van der Waals surface area (Å²) in [5.74, 6) is 0.854. The number of hydrogen-bond acceptors (Lipinski definition) is 3. The van der Waals surface area contributed by atoms with Gasteiger partial charge in [-0.2, -0.15) is 5.10 Å². The van der Waals surface area contributed by atoms with E-state index in [1.807, 2.05) is 7.05 Å². The zero-order chi connectivity index (χ0) is 13.4. The number of aliphatic hydroxyl groups is 1. The minimum Gasteiger partial charge on any atom is -0.493 e. The van der Waals surface area contributed by atoms with Gasteiger partial charge in [-0.05, 0) is 29.9 Å². The fourth-order valence-electron chi connectivity index (χ4n) is 2.96. The van der Waals surface area contributed by atoms with Gasteiger partial charge in [0.1, 0.15) is 11.8 Å². The molecule has 0 amide bonds. The lowest BCUT2D eigenvalue weighted by atomic mass is 9.96. The molecule has 2 aromatic rings. The minimum absolute atomic E-state index is 0.196. The first kappa shape index (κ1) is 12.2. The fraction of sp³-hybridized carbons (Fsp3) is 0.400. The molecule has 1 aromatic carbocycles. The molecule has 3 rings (SSSR count). The maximum absolute atomic E-state index is 10.6. The van der Waals surface area contributed by atoms with Crippen molar-refractivity contribution in [1.29, 1.82) is 0 Å². The predicted octanol–water partition coefficient (Wildman–Crippen LogP) is 1.88. The van der Waals surface area contributed by atoms with Gasteiger partial charge in [0, 0.05) is 7.05 Å². The summed E-state index contributed by atoms with van der Waals surface area (Å²) in [7, 11) is 3.44. The maximum atomic E-state index is 10.6. The topological polar surface area (TPSA) is 47.3 Å². The van der Waals surface area contributed by atoms with Gasteiger partial charge in [0.15, 0.2) is 5.75 Å². The van der Waals surface area contributed by atoms with Gasteiger partial charge in [-0.25, -0.2) is 0 Å². The van der Waals surface area contributed by atoms with Crippen LogP contribution in [0.5, 0.6) is 5.75 Å². The van der Waals surface area contributed by atoms with Crippen molar-refractivity contribution >= 4 is 0 Å². The molecule has 1 aliphatic rings. The second kappa shape index (κ2) is 4.70. The van der Waals surface area contributed by atoms with E-state index in [0.717, 1.165) is 18.5 Å². The van der Waals surface area contributed by atoms with E-state index in [4.69, 9.17) is 4.74 Å². The van der Waals surface area contributed by atoms with Crippen molar-refractivity contribution in [1.82, 2.24) is 9.78 Å². The lowest BCUT2D eigenvalue weighted by molar-refractivity contribution is 0.102. The number of ether oxygens (including phenoxy) is 1. The van der Waals surface area contributed by atoms with E-state index in [2.05, 4.69) is 29.4 Å². The molecule has 4 nitrogen and oxygen atoms in total. The Hall–Kier alpha value is -1.81.